The Morgan fingerprint density at radius 1 is 1.06 bits per heavy atom. The average Bonchev–Trinajstić information content (AvgIpc) is 3.43. The Kier molecular flexibility index (Phi) is 7.04. The number of nitrogens with one attached hydrogen (secondary N) is 2. The topological polar surface area (TPSA) is 78.1 Å². The Labute approximate surface area is 186 Å². The number of likely N-dealkylation sites (tertiary alicyclic amines) is 1. The van der Waals surface area contributed by atoms with Crippen molar-refractivity contribution in [1.29, 1.82) is 0 Å². The van der Waals surface area contributed by atoms with Crippen LogP contribution in [0.25, 0.3) is 22.5 Å². The number of H-pyrrole nitrogens is 1. The minimum atomic E-state index is -0.0309. The van der Waals surface area contributed by atoms with Crippen molar-refractivity contribution in [3.63, 3.8) is 0 Å². The van der Waals surface area contributed by atoms with Gasteiger partial charge in [0, 0.05) is 37.2 Å². The van der Waals surface area contributed by atoms with Crippen molar-refractivity contribution < 1.29 is 9.59 Å². The zero-order chi connectivity index (χ0) is 21.5. The zero-order valence-corrected chi connectivity index (χ0v) is 18.2. The van der Waals surface area contributed by atoms with Gasteiger partial charge in [-0.15, -0.1) is 0 Å². The molecule has 160 valence electrons. The first-order chi connectivity index (χ1) is 15.2. The maximum atomic E-state index is 12.3. The molecule has 0 unspecified atom stereocenters. The van der Waals surface area contributed by atoms with Crippen molar-refractivity contribution in [2.75, 3.05) is 25.4 Å². The van der Waals surface area contributed by atoms with Crippen LogP contribution in [0.15, 0.2) is 65.8 Å². The van der Waals surface area contributed by atoms with Gasteiger partial charge in [0.05, 0.1) is 17.1 Å². The number of hydrogen-bond acceptors (Lipinski definition) is 4. The molecule has 1 aliphatic rings. The van der Waals surface area contributed by atoms with E-state index in [1.807, 2.05) is 65.6 Å². The quantitative estimate of drug-likeness (QED) is 0.395. The molecule has 3 aromatic rings. The van der Waals surface area contributed by atoms with Gasteiger partial charge < -0.3 is 15.2 Å². The minimum Gasteiger partial charge on any atom is -0.355 e. The van der Waals surface area contributed by atoms with Crippen molar-refractivity contribution in [3.8, 4) is 22.5 Å². The van der Waals surface area contributed by atoms with Crippen molar-refractivity contribution in [3.05, 3.63) is 60.7 Å². The van der Waals surface area contributed by atoms with Crippen molar-refractivity contribution in [2.45, 2.75) is 24.4 Å². The molecule has 1 aliphatic heterocycles. The van der Waals surface area contributed by atoms with Gasteiger partial charge >= 0.3 is 0 Å². The summed E-state index contributed by atoms with van der Waals surface area (Å²) in [5.41, 5.74) is 3.92. The lowest BCUT2D eigenvalue weighted by atomic mass is 10.1. The highest BCUT2D eigenvalue weighted by Gasteiger charge is 2.19. The summed E-state index contributed by atoms with van der Waals surface area (Å²) >= 11 is 1.39. The monoisotopic (exact) mass is 434 g/mol. The van der Waals surface area contributed by atoms with Crippen LogP contribution < -0.4 is 5.32 Å². The van der Waals surface area contributed by atoms with Crippen LogP contribution in [0.1, 0.15) is 19.3 Å². The van der Waals surface area contributed by atoms with E-state index in [9.17, 15) is 9.59 Å². The number of thioether (sulfide) groups is 1. The molecule has 1 saturated heterocycles. The van der Waals surface area contributed by atoms with Gasteiger partial charge in [0.15, 0.2) is 5.16 Å². The summed E-state index contributed by atoms with van der Waals surface area (Å²) in [6.45, 7) is 2.13. The lowest BCUT2D eigenvalue weighted by molar-refractivity contribution is -0.127. The number of carbonyl (C=O) groups is 2. The predicted octanol–water partition coefficient (Wildman–Crippen LogP) is 3.96. The molecule has 7 heteroatoms. The largest absolute Gasteiger partial charge is 0.355 e. The van der Waals surface area contributed by atoms with E-state index < -0.39 is 0 Å². The molecule has 6 nitrogen and oxygen atoms in total. The highest BCUT2D eigenvalue weighted by atomic mass is 32.2. The summed E-state index contributed by atoms with van der Waals surface area (Å²) in [5, 5.41) is 3.66. The highest BCUT2D eigenvalue weighted by molar-refractivity contribution is 7.99. The van der Waals surface area contributed by atoms with E-state index in [1.165, 1.54) is 11.8 Å². The fourth-order valence-corrected chi connectivity index (χ4v) is 4.36. The van der Waals surface area contributed by atoms with Crippen LogP contribution in [0.5, 0.6) is 0 Å². The summed E-state index contributed by atoms with van der Waals surface area (Å²) in [5.74, 6) is 0.485. The second-order valence-electron chi connectivity index (χ2n) is 7.47. The van der Waals surface area contributed by atoms with E-state index in [-0.39, 0.29) is 11.8 Å². The van der Waals surface area contributed by atoms with E-state index in [4.69, 9.17) is 4.98 Å². The van der Waals surface area contributed by atoms with Gasteiger partial charge in [-0.1, -0.05) is 72.4 Å². The van der Waals surface area contributed by atoms with Crippen molar-refractivity contribution in [1.82, 2.24) is 20.2 Å². The molecule has 0 atom stereocenters. The van der Waals surface area contributed by atoms with Crippen LogP contribution in [-0.2, 0) is 9.59 Å². The second-order valence-corrected chi connectivity index (χ2v) is 8.44. The average molecular weight is 435 g/mol. The molecular weight excluding hydrogens is 408 g/mol. The Morgan fingerprint density at radius 2 is 1.77 bits per heavy atom. The first-order valence-electron chi connectivity index (χ1n) is 10.6. The number of imidazole rings is 1. The number of benzene rings is 2. The molecule has 1 fully saturated rings. The van der Waals surface area contributed by atoms with Gasteiger partial charge in [-0.25, -0.2) is 4.98 Å². The van der Waals surface area contributed by atoms with Gasteiger partial charge in [0.1, 0.15) is 0 Å². The van der Waals surface area contributed by atoms with Crippen LogP contribution >= 0.6 is 11.8 Å². The third-order valence-corrected chi connectivity index (χ3v) is 6.10. The Hall–Kier alpha value is -3.06. The lowest BCUT2D eigenvalue weighted by Crippen LogP contribution is -2.31. The van der Waals surface area contributed by atoms with E-state index in [0.717, 1.165) is 47.1 Å². The third kappa shape index (κ3) is 5.55. The first-order valence-corrected chi connectivity index (χ1v) is 11.6. The number of rotatable bonds is 9. The summed E-state index contributed by atoms with van der Waals surface area (Å²) < 4.78 is 0. The number of amides is 2. The number of hydrogen-bond donors (Lipinski definition) is 2. The van der Waals surface area contributed by atoms with Crippen LogP contribution in [0, 0.1) is 0 Å². The third-order valence-electron chi connectivity index (χ3n) is 5.23. The Balaban J connectivity index is 1.34. The molecule has 2 N–H and O–H groups in total. The number of carbonyl (C=O) groups excluding carboxylic acids is 2. The van der Waals surface area contributed by atoms with Gasteiger partial charge in [-0.05, 0) is 12.8 Å². The molecule has 2 aromatic carbocycles. The minimum absolute atomic E-state index is 0.0309. The van der Waals surface area contributed by atoms with Gasteiger partial charge in [-0.3, -0.25) is 9.59 Å². The smallest absolute Gasteiger partial charge is 0.230 e. The fraction of sp³-hybridized carbons (Fsp3) is 0.292. The maximum absolute atomic E-state index is 12.3. The molecule has 2 heterocycles. The summed E-state index contributed by atoms with van der Waals surface area (Å²) in [6.07, 6.45) is 2.38. The van der Waals surface area contributed by atoms with E-state index >= 15 is 0 Å². The highest BCUT2D eigenvalue weighted by Crippen LogP contribution is 2.32. The first kappa shape index (κ1) is 21.2. The molecule has 31 heavy (non-hydrogen) atoms. The van der Waals surface area contributed by atoms with E-state index in [1.54, 1.807) is 0 Å². The molecule has 0 aliphatic carbocycles. The second kappa shape index (κ2) is 10.3. The van der Waals surface area contributed by atoms with Gasteiger partial charge in [0.25, 0.3) is 0 Å². The normalized spacial score (nSPS) is 13.5. The molecule has 0 saturated carbocycles. The Morgan fingerprint density at radius 3 is 2.45 bits per heavy atom. The molecule has 0 radical (unpaired) electrons. The Bertz CT molecular complexity index is 964. The zero-order valence-electron chi connectivity index (χ0n) is 17.3. The van der Waals surface area contributed by atoms with E-state index in [2.05, 4.69) is 10.3 Å². The maximum Gasteiger partial charge on any atom is 0.230 e. The molecule has 2 amide bonds. The van der Waals surface area contributed by atoms with Crippen molar-refractivity contribution in [2.24, 2.45) is 0 Å². The van der Waals surface area contributed by atoms with E-state index in [0.29, 0.717) is 25.3 Å². The summed E-state index contributed by atoms with van der Waals surface area (Å²) in [7, 11) is 0. The van der Waals surface area contributed by atoms with Crippen molar-refractivity contribution >= 4 is 23.6 Å². The fourth-order valence-electron chi connectivity index (χ4n) is 3.66. The van der Waals surface area contributed by atoms with Crippen LogP contribution in [0.3, 0.4) is 0 Å². The standard InChI is InChI=1S/C24H26N4O2S/c29-20(25-14-8-16-28-15-7-13-21(28)30)17-31-24-26-22(18-9-3-1-4-10-18)23(27-24)19-11-5-2-6-12-19/h1-6,9-12H,7-8,13-17H2,(H,25,29)(H,26,27). The molecule has 0 spiro atoms. The van der Waals surface area contributed by atoms with Gasteiger partial charge in [0.2, 0.25) is 11.8 Å². The van der Waals surface area contributed by atoms with Gasteiger partial charge in [-0.2, -0.15) is 0 Å². The van der Waals surface area contributed by atoms with Crippen LogP contribution in [0.2, 0.25) is 0 Å². The number of aromatic amines is 1. The number of nitrogens with zero attached hydrogens (tertiary/aromatic N) is 2. The molecule has 0 bridgehead atoms. The summed E-state index contributed by atoms with van der Waals surface area (Å²) in [6, 6.07) is 20.1. The molecule has 1 aromatic heterocycles. The van der Waals surface area contributed by atoms with Crippen LogP contribution in [0.4, 0.5) is 0 Å². The molecule has 4 rings (SSSR count). The SMILES string of the molecule is O=C(CSc1nc(-c2ccccc2)c(-c2ccccc2)[nH]1)NCCCN1CCCC1=O. The molecular formula is C24H26N4O2S. The lowest BCUT2D eigenvalue weighted by Gasteiger charge is -2.15. The van der Waals surface area contributed by atoms with Crippen LogP contribution in [-0.4, -0.2) is 52.1 Å². The number of aromatic nitrogens is 2. The predicted molar refractivity (Wildman–Crippen MR) is 124 cm³/mol. The summed E-state index contributed by atoms with van der Waals surface area (Å²) in [4.78, 5) is 33.9.